The second-order valence-electron chi connectivity index (χ2n) is 7.26. The third-order valence-electron chi connectivity index (χ3n) is 3.36. The highest BCUT2D eigenvalue weighted by Crippen LogP contribution is 2.27. The van der Waals surface area contributed by atoms with Crippen molar-refractivity contribution >= 4 is 0 Å². The van der Waals surface area contributed by atoms with Crippen molar-refractivity contribution < 1.29 is 0 Å². The molecular formula is C18H28N2. The van der Waals surface area contributed by atoms with E-state index in [0.29, 0.717) is 0 Å². The lowest BCUT2D eigenvalue weighted by Gasteiger charge is -2.21. The van der Waals surface area contributed by atoms with Gasteiger partial charge in [-0.05, 0) is 46.4 Å². The van der Waals surface area contributed by atoms with E-state index in [4.69, 9.17) is 5.73 Å². The van der Waals surface area contributed by atoms with E-state index in [2.05, 4.69) is 64.7 Å². The van der Waals surface area contributed by atoms with E-state index < -0.39 is 0 Å². The van der Waals surface area contributed by atoms with Crippen LogP contribution in [0.3, 0.4) is 0 Å². The Balaban J connectivity index is 2.99. The summed E-state index contributed by atoms with van der Waals surface area (Å²) in [6, 6.07) is 4.29. The van der Waals surface area contributed by atoms with Crippen molar-refractivity contribution in [2.45, 2.75) is 53.4 Å². The van der Waals surface area contributed by atoms with Crippen LogP contribution in [0.4, 0.5) is 0 Å². The third-order valence-corrected chi connectivity index (χ3v) is 3.36. The summed E-state index contributed by atoms with van der Waals surface area (Å²) in [6.45, 7) is 13.2. The van der Waals surface area contributed by atoms with Crippen LogP contribution in [0.15, 0.2) is 42.3 Å². The normalized spacial score (nSPS) is 14.0. The minimum Gasteiger partial charge on any atom is -0.405 e. The summed E-state index contributed by atoms with van der Waals surface area (Å²) in [5.41, 5.74) is 9.45. The molecule has 0 radical (unpaired) electrons. The summed E-state index contributed by atoms with van der Waals surface area (Å²) in [5, 5.41) is 0. The van der Waals surface area contributed by atoms with Crippen molar-refractivity contribution in [3.05, 3.63) is 53.5 Å². The number of hydrogen-bond donors (Lipinski definition) is 1. The van der Waals surface area contributed by atoms with Crippen LogP contribution < -0.4 is 5.73 Å². The highest BCUT2D eigenvalue weighted by Gasteiger charge is 2.15. The van der Waals surface area contributed by atoms with Crippen LogP contribution in [-0.2, 0) is 11.8 Å². The van der Waals surface area contributed by atoms with Gasteiger partial charge in [-0.1, -0.05) is 47.6 Å². The minimum absolute atomic E-state index is 0.0947. The number of allylic oxidation sites excluding steroid dienone is 3. The maximum Gasteiger partial charge on any atom is 0.0444 e. The smallest absolute Gasteiger partial charge is 0.0444 e. The standard InChI is InChI=1S/C18H28N2/c1-17(2,3)14(9-11-19)7-8-16-13-15(10-12-20-16)18(4,5)6/h7,9-13H,8,19H2,1-6H3/b11-9-,14-7+. The van der Waals surface area contributed by atoms with E-state index in [-0.39, 0.29) is 10.8 Å². The molecule has 0 aliphatic rings. The molecule has 20 heavy (non-hydrogen) atoms. The number of nitrogens with two attached hydrogens (primary N) is 1. The van der Waals surface area contributed by atoms with Crippen LogP contribution >= 0.6 is 0 Å². The molecule has 0 amide bonds. The number of rotatable bonds is 3. The summed E-state index contributed by atoms with van der Waals surface area (Å²) < 4.78 is 0. The second kappa shape index (κ2) is 6.25. The van der Waals surface area contributed by atoms with Gasteiger partial charge in [0.05, 0.1) is 0 Å². The monoisotopic (exact) mass is 272 g/mol. The van der Waals surface area contributed by atoms with Crippen molar-refractivity contribution in [1.82, 2.24) is 4.98 Å². The fourth-order valence-electron chi connectivity index (χ4n) is 2.00. The van der Waals surface area contributed by atoms with Gasteiger partial charge < -0.3 is 5.73 Å². The Bertz CT molecular complexity index is 497. The fraction of sp³-hybridized carbons (Fsp3) is 0.500. The maximum atomic E-state index is 5.54. The molecule has 0 bridgehead atoms. The molecule has 1 rings (SSSR count). The Hall–Kier alpha value is -1.57. The first-order valence-electron chi connectivity index (χ1n) is 7.19. The van der Waals surface area contributed by atoms with Gasteiger partial charge in [-0.2, -0.15) is 0 Å². The molecule has 2 nitrogen and oxygen atoms in total. The molecule has 110 valence electrons. The Labute approximate surface area is 123 Å². The van der Waals surface area contributed by atoms with Gasteiger partial charge in [0.2, 0.25) is 0 Å². The zero-order valence-electron chi connectivity index (χ0n) is 13.7. The van der Waals surface area contributed by atoms with E-state index in [9.17, 15) is 0 Å². The predicted molar refractivity (Wildman–Crippen MR) is 87.5 cm³/mol. The van der Waals surface area contributed by atoms with E-state index >= 15 is 0 Å². The van der Waals surface area contributed by atoms with Gasteiger partial charge in [-0.25, -0.2) is 0 Å². The lowest BCUT2D eigenvalue weighted by Crippen LogP contribution is -2.12. The van der Waals surface area contributed by atoms with Gasteiger partial charge in [-0.3, -0.25) is 4.98 Å². The zero-order valence-corrected chi connectivity index (χ0v) is 13.7. The van der Waals surface area contributed by atoms with Crippen LogP contribution in [0.5, 0.6) is 0 Å². The van der Waals surface area contributed by atoms with Crippen molar-refractivity contribution in [1.29, 1.82) is 0 Å². The molecule has 0 aliphatic heterocycles. The third kappa shape index (κ3) is 4.84. The first-order valence-corrected chi connectivity index (χ1v) is 7.19. The average Bonchev–Trinajstić information content (AvgIpc) is 2.32. The topological polar surface area (TPSA) is 38.9 Å². The zero-order chi connectivity index (χ0) is 15.4. The second-order valence-corrected chi connectivity index (χ2v) is 7.26. The Morgan fingerprint density at radius 2 is 1.85 bits per heavy atom. The minimum atomic E-state index is 0.0947. The molecule has 1 aromatic rings. The van der Waals surface area contributed by atoms with Gasteiger partial charge in [0.15, 0.2) is 0 Å². The van der Waals surface area contributed by atoms with Crippen molar-refractivity contribution in [2.24, 2.45) is 11.1 Å². The van der Waals surface area contributed by atoms with Crippen molar-refractivity contribution in [3.63, 3.8) is 0 Å². The average molecular weight is 272 g/mol. The van der Waals surface area contributed by atoms with Gasteiger partial charge >= 0.3 is 0 Å². The van der Waals surface area contributed by atoms with Gasteiger partial charge in [0.25, 0.3) is 0 Å². The molecule has 0 aliphatic carbocycles. The first kappa shape index (κ1) is 16.5. The molecule has 1 heterocycles. The summed E-state index contributed by atoms with van der Waals surface area (Å²) in [5.74, 6) is 0. The fourth-order valence-corrected chi connectivity index (χ4v) is 2.00. The van der Waals surface area contributed by atoms with E-state index in [1.165, 1.54) is 11.1 Å². The molecular weight excluding hydrogens is 244 g/mol. The number of pyridine rings is 1. The van der Waals surface area contributed by atoms with E-state index in [0.717, 1.165) is 12.1 Å². The molecule has 0 aromatic carbocycles. The highest BCUT2D eigenvalue weighted by atomic mass is 14.7. The van der Waals surface area contributed by atoms with Crippen LogP contribution in [0.1, 0.15) is 52.8 Å². The first-order chi connectivity index (χ1) is 9.14. The predicted octanol–water partition coefficient (Wildman–Crippen LogP) is 4.37. The SMILES string of the molecule is CC(C)(C)C(/C=C\N)=C/Cc1cc(C(C)(C)C)ccn1. The summed E-state index contributed by atoms with van der Waals surface area (Å²) in [4.78, 5) is 4.47. The van der Waals surface area contributed by atoms with Crippen LogP contribution in [0, 0.1) is 5.41 Å². The van der Waals surface area contributed by atoms with Gasteiger partial charge in [0, 0.05) is 18.3 Å². The molecule has 2 heteroatoms. The van der Waals surface area contributed by atoms with Crippen molar-refractivity contribution in [2.75, 3.05) is 0 Å². The molecule has 0 spiro atoms. The molecule has 0 saturated carbocycles. The highest BCUT2D eigenvalue weighted by molar-refractivity contribution is 5.28. The molecule has 0 fully saturated rings. The number of hydrogen-bond acceptors (Lipinski definition) is 2. The van der Waals surface area contributed by atoms with Gasteiger partial charge in [0.1, 0.15) is 0 Å². The maximum absolute atomic E-state index is 5.54. The van der Waals surface area contributed by atoms with E-state index in [1.807, 2.05) is 12.3 Å². The quantitative estimate of drug-likeness (QED) is 0.830. The van der Waals surface area contributed by atoms with E-state index in [1.54, 1.807) is 6.20 Å². The molecule has 0 saturated heterocycles. The van der Waals surface area contributed by atoms with Crippen LogP contribution in [0.25, 0.3) is 0 Å². The van der Waals surface area contributed by atoms with Crippen molar-refractivity contribution in [3.8, 4) is 0 Å². The Morgan fingerprint density at radius 1 is 1.20 bits per heavy atom. The summed E-state index contributed by atoms with van der Waals surface area (Å²) in [7, 11) is 0. The summed E-state index contributed by atoms with van der Waals surface area (Å²) in [6.07, 6.45) is 8.54. The lowest BCUT2D eigenvalue weighted by molar-refractivity contribution is 0.515. The van der Waals surface area contributed by atoms with Crippen LogP contribution in [-0.4, -0.2) is 4.98 Å². The summed E-state index contributed by atoms with van der Waals surface area (Å²) >= 11 is 0. The molecule has 2 N–H and O–H groups in total. The van der Waals surface area contributed by atoms with Crippen LogP contribution in [0.2, 0.25) is 0 Å². The Morgan fingerprint density at radius 3 is 2.35 bits per heavy atom. The molecule has 1 aromatic heterocycles. The largest absolute Gasteiger partial charge is 0.405 e. The number of nitrogens with zero attached hydrogens (tertiary/aromatic N) is 1. The Kier molecular flexibility index (Phi) is 5.15. The van der Waals surface area contributed by atoms with Gasteiger partial charge in [-0.15, -0.1) is 0 Å². The molecule has 0 unspecified atom stereocenters. The molecule has 0 atom stereocenters. The number of aromatic nitrogens is 1. The lowest BCUT2D eigenvalue weighted by atomic mass is 9.85.